The third-order valence-corrected chi connectivity index (χ3v) is 2.71. The Morgan fingerprint density at radius 2 is 2.32 bits per heavy atom. The number of nitrogens with one attached hydrogen (secondary N) is 2. The Kier molecular flexibility index (Phi) is 4.22. The van der Waals surface area contributed by atoms with Gasteiger partial charge >= 0.3 is 0 Å². The van der Waals surface area contributed by atoms with Crippen LogP contribution < -0.4 is 5.32 Å². The van der Waals surface area contributed by atoms with Crippen molar-refractivity contribution in [2.24, 2.45) is 0 Å². The minimum Gasteiger partial charge on any atom is -0.352 e. The first-order valence-corrected chi connectivity index (χ1v) is 6.05. The van der Waals surface area contributed by atoms with Crippen molar-refractivity contribution in [3.05, 3.63) is 47.3 Å². The number of carbonyl (C=O) groups excluding carboxylic acids is 1. The summed E-state index contributed by atoms with van der Waals surface area (Å²) in [5, 5.41) is 9.16. The van der Waals surface area contributed by atoms with Crippen molar-refractivity contribution >= 4 is 5.91 Å². The van der Waals surface area contributed by atoms with Gasteiger partial charge in [0, 0.05) is 13.0 Å². The maximum Gasteiger partial charge on any atom is 0.254 e. The van der Waals surface area contributed by atoms with E-state index >= 15 is 0 Å². The van der Waals surface area contributed by atoms with Crippen molar-refractivity contribution in [2.75, 3.05) is 6.54 Å². The number of rotatable bonds is 5. The molecule has 19 heavy (non-hydrogen) atoms. The molecule has 0 saturated heterocycles. The molecule has 2 aromatic rings. The van der Waals surface area contributed by atoms with Crippen molar-refractivity contribution < 1.29 is 9.18 Å². The number of aryl methyl sites for hydroxylation is 2. The van der Waals surface area contributed by atoms with Crippen molar-refractivity contribution in [1.29, 1.82) is 0 Å². The number of H-pyrrole nitrogens is 1. The highest BCUT2D eigenvalue weighted by molar-refractivity contribution is 5.94. The summed E-state index contributed by atoms with van der Waals surface area (Å²) in [5.41, 5.74) is 0.938. The fraction of sp³-hybridized carbons (Fsp3) is 0.308. The Bertz CT molecular complexity index is 554. The lowest BCUT2D eigenvalue weighted by molar-refractivity contribution is 0.0949. The third-order valence-electron chi connectivity index (χ3n) is 2.71. The quantitative estimate of drug-likeness (QED) is 0.804. The van der Waals surface area contributed by atoms with Crippen LogP contribution in [0, 0.1) is 12.7 Å². The number of hydrogen-bond acceptors (Lipinski definition) is 3. The van der Waals surface area contributed by atoms with E-state index in [9.17, 15) is 9.18 Å². The van der Waals surface area contributed by atoms with Gasteiger partial charge in [-0.2, -0.15) is 5.10 Å². The van der Waals surface area contributed by atoms with Crippen LogP contribution in [0.5, 0.6) is 0 Å². The maximum absolute atomic E-state index is 13.5. The smallest absolute Gasteiger partial charge is 0.254 e. The van der Waals surface area contributed by atoms with Crippen molar-refractivity contribution in [2.45, 2.75) is 19.8 Å². The van der Waals surface area contributed by atoms with Crippen molar-refractivity contribution in [3.63, 3.8) is 0 Å². The van der Waals surface area contributed by atoms with E-state index in [1.807, 2.05) is 6.92 Å². The highest BCUT2D eigenvalue weighted by Gasteiger charge is 2.10. The summed E-state index contributed by atoms with van der Waals surface area (Å²) in [7, 11) is 0. The summed E-state index contributed by atoms with van der Waals surface area (Å²) in [5.74, 6) is -0.118. The topological polar surface area (TPSA) is 70.7 Å². The van der Waals surface area contributed by atoms with E-state index < -0.39 is 11.7 Å². The maximum atomic E-state index is 13.5. The second kappa shape index (κ2) is 6.08. The fourth-order valence-corrected chi connectivity index (χ4v) is 1.72. The molecule has 0 saturated carbocycles. The van der Waals surface area contributed by atoms with Gasteiger partial charge in [-0.3, -0.25) is 9.89 Å². The molecule has 0 bridgehead atoms. The molecule has 1 aromatic carbocycles. The Hall–Kier alpha value is -2.24. The molecule has 1 heterocycles. The molecule has 0 aliphatic carbocycles. The minimum absolute atomic E-state index is 0.0830. The molecule has 1 amide bonds. The summed E-state index contributed by atoms with van der Waals surface area (Å²) in [6.07, 6.45) is 2.85. The highest BCUT2D eigenvalue weighted by atomic mass is 19.1. The van der Waals surface area contributed by atoms with Crippen LogP contribution in [0.2, 0.25) is 0 Å². The zero-order chi connectivity index (χ0) is 13.7. The Morgan fingerprint density at radius 3 is 3.05 bits per heavy atom. The number of aromatic amines is 1. The normalized spacial score (nSPS) is 10.4. The largest absolute Gasteiger partial charge is 0.352 e. The average Bonchev–Trinajstić information content (AvgIpc) is 2.90. The number of halogens is 1. The van der Waals surface area contributed by atoms with Crippen LogP contribution in [0.25, 0.3) is 0 Å². The van der Waals surface area contributed by atoms with Gasteiger partial charge < -0.3 is 5.32 Å². The molecule has 0 unspecified atom stereocenters. The number of benzene rings is 1. The standard InChI is InChI=1S/C13H15FN4O/c1-9-4-5-11(14)10(7-9)13(19)15-6-2-3-12-16-8-17-18-12/h4-5,7-8H,2-3,6H2,1H3,(H,15,19)(H,16,17,18). The van der Waals surface area contributed by atoms with Crippen LogP contribution in [-0.2, 0) is 6.42 Å². The summed E-state index contributed by atoms with van der Waals surface area (Å²) in [6, 6.07) is 4.48. The number of carbonyl (C=O) groups is 1. The van der Waals surface area contributed by atoms with Crippen LogP contribution in [-0.4, -0.2) is 27.6 Å². The highest BCUT2D eigenvalue weighted by Crippen LogP contribution is 2.09. The molecule has 1 aromatic heterocycles. The van der Waals surface area contributed by atoms with Gasteiger partial charge in [0.25, 0.3) is 5.91 Å². The van der Waals surface area contributed by atoms with Crippen LogP contribution in [0.15, 0.2) is 24.5 Å². The molecule has 5 nitrogen and oxygen atoms in total. The Morgan fingerprint density at radius 1 is 1.47 bits per heavy atom. The van der Waals surface area contributed by atoms with E-state index in [2.05, 4.69) is 20.5 Å². The van der Waals surface area contributed by atoms with Crippen LogP contribution in [0.1, 0.15) is 28.2 Å². The summed E-state index contributed by atoms with van der Waals surface area (Å²) in [6.45, 7) is 2.28. The second-order valence-corrected chi connectivity index (χ2v) is 4.27. The predicted octanol–water partition coefficient (Wildman–Crippen LogP) is 1.61. The second-order valence-electron chi connectivity index (χ2n) is 4.27. The molecule has 6 heteroatoms. The van der Waals surface area contributed by atoms with E-state index in [0.29, 0.717) is 19.4 Å². The van der Waals surface area contributed by atoms with Crippen molar-refractivity contribution in [3.8, 4) is 0 Å². The van der Waals surface area contributed by atoms with Crippen LogP contribution in [0.4, 0.5) is 4.39 Å². The lowest BCUT2D eigenvalue weighted by atomic mass is 10.1. The van der Waals surface area contributed by atoms with E-state index in [4.69, 9.17) is 0 Å². The summed E-state index contributed by atoms with van der Waals surface area (Å²) >= 11 is 0. The number of nitrogens with zero attached hydrogens (tertiary/aromatic N) is 2. The van der Waals surface area contributed by atoms with Gasteiger partial charge in [0.05, 0.1) is 5.56 Å². The molecule has 0 spiro atoms. The van der Waals surface area contributed by atoms with Gasteiger partial charge in [-0.25, -0.2) is 9.37 Å². The lowest BCUT2D eigenvalue weighted by Gasteiger charge is -2.06. The van der Waals surface area contributed by atoms with Crippen LogP contribution in [0.3, 0.4) is 0 Å². The molecule has 100 valence electrons. The number of amides is 1. The first kappa shape index (κ1) is 13.2. The third kappa shape index (κ3) is 3.61. The number of hydrogen-bond donors (Lipinski definition) is 2. The van der Waals surface area contributed by atoms with Gasteiger partial charge in [-0.15, -0.1) is 0 Å². The average molecular weight is 262 g/mol. The zero-order valence-electron chi connectivity index (χ0n) is 10.6. The lowest BCUT2D eigenvalue weighted by Crippen LogP contribution is -2.25. The van der Waals surface area contributed by atoms with Gasteiger partial charge in [0.15, 0.2) is 0 Å². The Balaban J connectivity index is 1.82. The molecule has 2 N–H and O–H groups in total. The first-order chi connectivity index (χ1) is 9.16. The van der Waals surface area contributed by atoms with Gasteiger partial charge in [-0.1, -0.05) is 11.6 Å². The zero-order valence-corrected chi connectivity index (χ0v) is 10.6. The molecular weight excluding hydrogens is 247 g/mol. The van der Waals surface area contributed by atoms with Crippen molar-refractivity contribution in [1.82, 2.24) is 20.5 Å². The van der Waals surface area contributed by atoms with Crippen LogP contribution >= 0.6 is 0 Å². The first-order valence-electron chi connectivity index (χ1n) is 6.05. The van der Waals surface area contributed by atoms with E-state index in [0.717, 1.165) is 11.4 Å². The molecule has 0 aliphatic heterocycles. The molecule has 2 rings (SSSR count). The molecule has 0 aliphatic rings. The monoisotopic (exact) mass is 262 g/mol. The molecular formula is C13H15FN4O. The molecule has 0 fully saturated rings. The van der Waals surface area contributed by atoms with Gasteiger partial charge in [0.2, 0.25) is 0 Å². The fourth-order valence-electron chi connectivity index (χ4n) is 1.72. The summed E-state index contributed by atoms with van der Waals surface area (Å²) in [4.78, 5) is 15.8. The van der Waals surface area contributed by atoms with E-state index in [1.54, 1.807) is 12.1 Å². The van der Waals surface area contributed by atoms with Gasteiger partial charge in [0.1, 0.15) is 18.0 Å². The summed E-state index contributed by atoms with van der Waals surface area (Å²) < 4.78 is 13.5. The van der Waals surface area contributed by atoms with E-state index in [-0.39, 0.29) is 5.56 Å². The molecule has 0 atom stereocenters. The Labute approximate surface area is 110 Å². The van der Waals surface area contributed by atoms with Gasteiger partial charge in [-0.05, 0) is 25.5 Å². The minimum atomic E-state index is -0.502. The predicted molar refractivity (Wildman–Crippen MR) is 68.2 cm³/mol. The van der Waals surface area contributed by atoms with E-state index in [1.165, 1.54) is 12.4 Å². The number of aromatic nitrogens is 3. The SMILES string of the molecule is Cc1ccc(F)c(C(=O)NCCCc2ncn[nH]2)c1. The molecule has 0 radical (unpaired) electrons.